The van der Waals surface area contributed by atoms with Crippen molar-refractivity contribution in [2.45, 2.75) is 70.3 Å². The van der Waals surface area contributed by atoms with Crippen LogP contribution in [0.25, 0.3) is 0 Å². The molecule has 2 bridgehead atoms. The fourth-order valence-electron chi connectivity index (χ4n) is 2.53. The summed E-state index contributed by atoms with van der Waals surface area (Å²) in [5.41, 5.74) is -1.23. The Morgan fingerprint density at radius 2 is 2.05 bits per heavy atom. The molecular weight excluding hydrogens is 283 g/mol. The van der Waals surface area contributed by atoms with Gasteiger partial charge in [-0.25, -0.2) is 0 Å². The van der Waals surface area contributed by atoms with Gasteiger partial charge in [0.05, 0.1) is 31.1 Å². The molecule has 0 saturated carbocycles. The monoisotopic (exact) mass is 308 g/mol. The predicted molar refractivity (Wildman–Crippen MR) is 73.9 cm³/mol. The van der Waals surface area contributed by atoms with E-state index < -0.39 is 25.0 Å². The molecule has 0 aromatic rings. The normalized spacial score (nSPS) is 39.7. The van der Waals surface area contributed by atoms with E-state index in [1.54, 1.807) is 13.8 Å². The van der Waals surface area contributed by atoms with Crippen LogP contribution in [-0.2, 0) is 23.3 Å². The molecule has 2 aliphatic rings. The Bertz CT molecular complexity index is 398. The predicted octanol–water partition coefficient (Wildman–Crippen LogP) is 1.95. The lowest BCUT2D eigenvalue weighted by Crippen LogP contribution is -2.46. The first-order chi connectivity index (χ1) is 9.18. The largest absolute Gasteiger partial charge is 0.376 e. The van der Waals surface area contributed by atoms with Crippen LogP contribution in [-0.4, -0.2) is 53.8 Å². The summed E-state index contributed by atoms with van der Waals surface area (Å²) in [6, 6.07) is 0. The molecule has 5 atom stereocenters. The lowest BCUT2D eigenvalue weighted by molar-refractivity contribution is -0.168. The summed E-state index contributed by atoms with van der Waals surface area (Å²) in [6.45, 7) is 9.72. The molecule has 0 spiro atoms. The van der Waals surface area contributed by atoms with Crippen LogP contribution in [0, 0.1) is 0 Å². The van der Waals surface area contributed by atoms with Crippen LogP contribution in [0.5, 0.6) is 0 Å². The van der Waals surface area contributed by atoms with Crippen LogP contribution in [0.3, 0.4) is 0 Å². The van der Waals surface area contributed by atoms with E-state index in [0.29, 0.717) is 13.2 Å². The van der Waals surface area contributed by atoms with E-state index in [0.717, 1.165) is 0 Å². The maximum Gasteiger partial charge on any atom is 0.331 e. The molecule has 20 heavy (non-hydrogen) atoms. The van der Waals surface area contributed by atoms with E-state index in [1.165, 1.54) is 0 Å². The maximum atomic E-state index is 12.2. The van der Waals surface area contributed by atoms with Gasteiger partial charge in [-0.15, -0.1) is 0 Å². The fourth-order valence-corrected chi connectivity index (χ4v) is 3.41. The first-order valence-corrected chi connectivity index (χ1v) is 8.74. The lowest BCUT2D eigenvalue weighted by Gasteiger charge is -2.32. The summed E-state index contributed by atoms with van der Waals surface area (Å²) in [6.07, 6.45) is -0.995. The van der Waals surface area contributed by atoms with Gasteiger partial charge in [0.15, 0.2) is 0 Å². The molecule has 2 unspecified atom stereocenters. The Morgan fingerprint density at radius 1 is 1.40 bits per heavy atom. The number of fused-ring (bicyclic) bond motifs is 2. The Balaban J connectivity index is 2.15. The number of ether oxygens (including phenoxy) is 3. The van der Waals surface area contributed by atoms with Crippen LogP contribution in [0.1, 0.15) is 34.6 Å². The van der Waals surface area contributed by atoms with Gasteiger partial charge in [-0.3, -0.25) is 9.09 Å². The second kappa shape index (κ2) is 5.67. The topological polar surface area (TPSA) is 74.2 Å². The summed E-state index contributed by atoms with van der Waals surface area (Å²) < 4.78 is 34.9. The first kappa shape index (κ1) is 16.4. The van der Waals surface area contributed by atoms with Crippen LogP contribution >= 0.6 is 7.60 Å². The van der Waals surface area contributed by atoms with Crippen LogP contribution < -0.4 is 0 Å². The molecule has 0 aromatic heterocycles. The highest BCUT2D eigenvalue weighted by Crippen LogP contribution is 2.54. The molecule has 7 heteroatoms. The van der Waals surface area contributed by atoms with Crippen molar-refractivity contribution >= 4 is 7.60 Å². The fraction of sp³-hybridized carbons (Fsp3) is 1.00. The number of hydrogen-bond donors (Lipinski definition) is 1. The maximum absolute atomic E-state index is 12.2. The van der Waals surface area contributed by atoms with Crippen LogP contribution in [0.15, 0.2) is 0 Å². The molecule has 2 rings (SSSR count). The molecule has 0 aliphatic carbocycles. The van der Waals surface area contributed by atoms with Crippen molar-refractivity contribution in [3.05, 3.63) is 0 Å². The third-order valence-electron chi connectivity index (χ3n) is 3.80. The summed E-state index contributed by atoms with van der Waals surface area (Å²) >= 11 is 0. The van der Waals surface area contributed by atoms with Crippen molar-refractivity contribution in [1.29, 1.82) is 0 Å². The Kier molecular flexibility index (Phi) is 4.65. The molecule has 2 fully saturated rings. The van der Waals surface area contributed by atoms with Gasteiger partial charge in [0.2, 0.25) is 0 Å². The van der Waals surface area contributed by atoms with Crippen LogP contribution in [0.2, 0.25) is 0 Å². The summed E-state index contributed by atoms with van der Waals surface area (Å²) in [5.74, 6) is 0. The van der Waals surface area contributed by atoms with Crippen molar-refractivity contribution in [1.82, 2.24) is 0 Å². The van der Waals surface area contributed by atoms with Gasteiger partial charge in [0.1, 0.15) is 17.8 Å². The Labute approximate surface area is 120 Å². The lowest BCUT2D eigenvalue weighted by atomic mass is 10.00. The van der Waals surface area contributed by atoms with Crippen molar-refractivity contribution in [3.8, 4) is 0 Å². The van der Waals surface area contributed by atoms with Crippen molar-refractivity contribution in [3.63, 3.8) is 0 Å². The minimum absolute atomic E-state index is 0.0506. The van der Waals surface area contributed by atoms with E-state index in [9.17, 15) is 9.46 Å². The minimum Gasteiger partial charge on any atom is -0.376 e. The average Bonchev–Trinajstić information content (AvgIpc) is 2.77. The Hall–Kier alpha value is 0.0300. The molecule has 2 saturated heterocycles. The second-order valence-electron chi connectivity index (χ2n) is 6.21. The van der Waals surface area contributed by atoms with Crippen LogP contribution in [0.4, 0.5) is 0 Å². The highest BCUT2D eigenvalue weighted by Gasteiger charge is 2.62. The minimum atomic E-state index is -3.68. The Morgan fingerprint density at radius 3 is 2.55 bits per heavy atom. The second-order valence-corrected chi connectivity index (χ2v) is 8.58. The van der Waals surface area contributed by atoms with Crippen molar-refractivity contribution in [2.24, 2.45) is 0 Å². The van der Waals surface area contributed by atoms with Gasteiger partial charge in [-0.2, -0.15) is 0 Å². The van der Waals surface area contributed by atoms with E-state index in [2.05, 4.69) is 0 Å². The molecular formula is C13H25O6P. The van der Waals surface area contributed by atoms with Gasteiger partial charge >= 0.3 is 7.60 Å². The zero-order valence-electron chi connectivity index (χ0n) is 12.7. The van der Waals surface area contributed by atoms with Gasteiger partial charge < -0.3 is 19.1 Å². The quantitative estimate of drug-likeness (QED) is 0.756. The highest BCUT2D eigenvalue weighted by atomic mass is 31.2. The molecule has 0 amide bonds. The van der Waals surface area contributed by atoms with E-state index in [-0.39, 0.29) is 18.3 Å². The van der Waals surface area contributed by atoms with Gasteiger partial charge in [-0.05, 0) is 20.8 Å². The standard InChI is InChI=1S/C13H25O6P/c1-8(2)16-6-13-7-17-11(10(5)18-13)12(13)19-20(14,15)9(3)4/h8-12H,6-7H2,1-5H3,(H,14,15)/t10-,11?,12+,13-/m0/s1. The molecule has 6 nitrogen and oxygen atoms in total. The van der Waals surface area contributed by atoms with Gasteiger partial charge in [0, 0.05) is 0 Å². The van der Waals surface area contributed by atoms with Gasteiger partial charge in [-0.1, -0.05) is 13.8 Å². The zero-order chi connectivity index (χ0) is 15.1. The summed E-state index contributed by atoms with van der Waals surface area (Å²) in [5, 5.41) is 0. The third-order valence-corrected chi connectivity index (χ3v) is 5.63. The third kappa shape index (κ3) is 2.96. The molecule has 2 heterocycles. The molecule has 118 valence electrons. The number of rotatable bonds is 6. The van der Waals surface area contributed by atoms with E-state index in [4.69, 9.17) is 18.7 Å². The molecule has 0 aromatic carbocycles. The SMILES string of the molecule is CC(C)OC[C@@]12COC([C@H](C)O1)[C@H]2OP(=O)(O)C(C)C. The van der Waals surface area contributed by atoms with Gasteiger partial charge in [0.25, 0.3) is 0 Å². The van der Waals surface area contributed by atoms with Crippen molar-refractivity contribution in [2.75, 3.05) is 13.2 Å². The molecule has 0 radical (unpaired) electrons. The molecule has 2 aliphatic heterocycles. The van der Waals surface area contributed by atoms with E-state index >= 15 is 0 Å². The average molecular weight is 308 g/mol. The highest BCUT2D eigenvalue weighted by molar-refractivity contribution is 7.53. The smallest absolute Gasteiger partial charge is 0.331 e. The number of hydrogen-bond acceptors (Lipinski definition) is 5. The molecule has 1 N–H and O–H groups in total. The van der Waals surface area contributed by atoms with Crippen molar-refractivity contribution < 1.29 is 28.2 Å². The summed E-state index contributed by atoms with van der Waals surface area (Å²) in [7, 11) is -3.68. The van der Waals surface area contributed by atoms with E-state index in [1.807, 2.05) is 20.8 Å². The first-order valence-electron chi connectivity index (χ1n) is 7.10. The zero-order valence-corrected chi connectivity index (χ0v) is 13.6. The summed E-state index contributed by atoms with van der Waals surface area (Å²) in [4.78, 5) is 9.97.